The van der Waals surface area contributed by atoms with Crippen LogP contribution in [0.4, 0.5) is 0 Å². The Morgan fingerprint density at radius 3 is 1.29 bits per heavy atom. The van der Waals surface area contributed by atoms with Gasteiger partial charge in [0.1, 0.15) is 25.1 Å². The Morgan fingerprint density at radius 2 is 0.961 bits per heavy atom. The standard InChI is InChI=1S/C42H78N4O5/c1-3-5-7-9-11-13-15-17-19-21-23-25-27-29-40(47)50-33-31-46(42(49)39(43)35-38-36-44-37-45-38)32-34-51-41(48)30-28-26-24-22-20-18-16-14-12-10-8-6-4-2/h36-37,39H,3-35,43H2,1-2H3,(H,44,45)/p+2. The van der Waals surface area contributed by atoms with Crippen LogP contribution in [0.2, 0.25) is 0 Å². The minimum absolute atomic E-state index is 0.122. The summed E-state index contributed by atoms with van der Waals surface area (Å²) in [6, 6.07) is -0.525. The Labute approximate surface area is 312 Å². The van der Waals surface area contributed by atoms with Crippen molar-refractivity contribution < 1.29 is 34.9 Å². The lowest BCUT2D eigenvalue weighted by molar-refractivity contribution is -0.448. The van der Waals surface area contributed by atoms with Crippen LogP contribution in [0.15, 0.2) is 16.9 Å². The quantitative estimate of drug-likeness (QED) is 0.0493. The zero-order valence-electron chi connectivity index (χ0n) is 33.3. The summed E-state index contributed by atoms with van der Waals surface area (Å²) in [5, 5.41) is 1.85. The van der Waals surface area contributed by atoms with E-state index < -0.39 is 6.04 Å². The van der Waals surface area contributed by atoms with Gasteiger partial charge in [0.25, 0.3) is 5.91 Å². The summed E-state index contributed by atoms with van der Waals surface area (Å²) in [6.45, 7) is 5.27. The van der Waals surface area contributed by atoms with Crippen LogP contribution in [0.1, 0.15) is 200 Å². The zero-order valence-corrected chi connectivity index (χ0v) is 33.3. The number of quaternary nitrogens is 2. The third-order valence-electron chi connectivity index (χ3n) is 9.95. The van der Waals surface area contributed by atoms with Crippen LogP contribution >= 0.6 is 0 Å². The van der Waals surface area contributed by atoms with Crippen LogP contribution in [-0.2, 0) is 23.9 Å². The number of hydrogen-bond acceptors (Lipinski definition) is 6. The van der Waals surface area contributed by atoms with Gasteiger partial charge in [-0.15, -0.1) is 0 Å². The first-order valence-corrected chi connectivity index (χ1v) is 21.5. The fourth-order valence-electron chi connectivity index (χ4n) is 6.64. The number of carbonyl (C=O) groups is 3. The number of carbonyl (C=O) groups excluding carboxylic acids is 3. The summed E-state index contributed by atoms with van der Waals surface area (Å²) in [5.41, 5.74) is 4.89. The molecule has 0 aromatic rings. The Bertz CT molecular complexity index is 877. The van der Waals surface area contributed by atoms with Crippen LogP contribution < -0.4 is 11.1 Å². The Balaban J connectivity index is 2.22. The molecule has 0 aromatic carbocycles. The van der Waals surface area contributed by atoms with Gasteiger partial charge in [-0.05, 0) is 12.8 Å². The van der Waals surface area contributed by atoms with E-state index in [1.165, 1.54) is 128 Å². The van der Waals surface area contributed by atoms with Crippen molar-refractivity contribution in [3.63, 3.8) is 0 Å². The third-order valence-corrected chi connectivity index (χ3v) is 9.95. The summed E-state index contributed by atoms with van der Waals surface area (Å²) < 4.78 is 11.0. The van der Waals surface area contributed by atoms with Crippen LogP contribution in [-0.4, -0.2) is 61.4 Å². The molecule has 5 N–H and O–H groups in total. The van der Waals surface area contributed by atoms with Crippen LogP contribution in [0.5, 0.6) is 0 Å². The van der Waals surface area contributed by atoms with Gasteiger partial charge >= 0.3 is 11.9 Å². The molecular formula is C42H80N4O5+2. The molecule has 0 spiro atoms. The molecule has 1 atom stereocenters. The monoisotopic (exact) mass is 721 g/mol. The molecular weight excluding hydrogens is 640 g/mol. The molecule has 0 saturated carbocycles. The molecule has 1 aliphatic heterocycles. The first kappa shape index (κ1) is 46.8. The Kier molecular flexibility index (Phi) is 31.9. The predicted molar refractivity (Wildman–Crippen MR) is 209 cm³/mol. The van der Waals surface area contributed by atoms with Crippen molar-refractivity contribution in [2.24, 2.45) is 4.99 Å². The lowest BCUT2D eigenvalue weighted by atomic mass is 10.0. The third kappa shape index (κ3) is 28.9. The minimum Gasteiger partial charge on any atom is -0.464 e. The molecule has 0 radical (unpaired) electrons. The molecule has 0 bridgehead atoms. The fraction of sp³-hybridized carbons (Fsp3) is 0.857. The first-order valence-electron chi connectivity index (χ1n) is 21.5. The summed E-state index contributed by atoms with van der Waals surface area (Å²) in [5.74, 6) is -0.596. The molecule has 296 valence electrons. The van der Waals surface area contributed by atoms with Crippen molar-refractivity contribution in [2.45, 2.75) is 206 Å². The van der Waals surface area contributed by atoms with Crippen molar-refractivity contribution in [3.05, 3.63) is 11.9 Å². The van der Waals surface area contributed by atoms with Crippen LogP contribution in [0, 0.1) is 0 Å². The van der Waals surface area contributed by atoms with E-state index in [2.05, 4.69) is 24.6 Å². The second kappa shape index (κ2) is 34.8. The molecule has 0 aliphatic carbocycles. The van der Waals surface area contributed by atoms with Gasteiger partial charge in [0.05, 0.1) is 19.5 Å². The summed E-state index contributed by atoms with van der Waals surface area (Å²) in [6.07, 6.45) is 37.7. The van der Waals surface area contributed by atoms with E-state index in [0.717, 1.165) is 44.2 Å². The maximum Gasteiger partial charge on any atom is 0.305 e. The first-order chi connectivity index (χ1) is 25.0. The summed E-state index contributed by atoms with van der Waals surface area (Å²) >= 11 is 0. The molecule has 1 heterocycles. The van der Waals surface area contributed by atoms with E-state index in [-0.39, 0.29) is 44.1 Å². The lowest BCUT2D eigenvalue weighted by Gasteiger charge is -2.24. The molecule has 9 heteroatoms. The molecule has 0 aromatic heterocycles. The number of ether oxygens (including phenoxy) is 2. The zero-order chi connectivity index (χ0) is 37.0. The number of aliphatic imine (C=N–C) groups is 1. The highest BCUT2D eigenvalue weighted by Gasteiger charge is 2.26. The van der Waals surface area contributed by atoms with Crippen LogP contribution in [0.25, 0.3) is 0 Å². The van der Waals surface area contributed by atoms with Crippen molar-refractivity contribution >= 4 is 24.2 Å². The molecule has 0 saturated heterocycles. The van der Waals surface area contributed by atoms with E-state index in [9.17, 15) is 14.4 Å². The number of amides is 1. The number of hydrogen-bond donors (Lipinski definition) is 2. The van der Waals surface area contributed by atoms with Gasteiger partial charge in [0, 0.05) is 12.8 Å². The van der Waals surface area contributed by atoms with Gasteiger partial charge < -0.3 is 20.1 Å². The topological polar surface area (TPSA) is 130 Å². The summed E-state index contributed by atoms with van der Waals surface area (Å²) in [4.78, 5) is 44.0. The maximum atomic E-state index is 13.3. The van der Waals surface area contributed by atoms with Gasteiger partial charge in [0.2, 0.25) is 0 Å². The minimum atomic E-state index is -0.525. The van der Waals surface area contributed by atoms with E-state index in [1.807, 2.05) is 11.5 Å². The van der Waals surface area contributed by atoms with E-state index in [0.29, 0.717) is 19.3 Å². The number of esters is 2. The highest BCUT2D eigenvalue weighted by Crippen LogP contribution is 2.15. The molecule has 1 aliphatic rings. The average Bonchev–Trinajstić information content (AvgIpc) is 3.64. The van der Waals surface area contributed by atoms with E-state index in [4.69, 9.17) is 9.47 Å². The maximum absolute atomic E-state index is 13.3. The smallest absolute Gasteiger partial charge is 0.305 e. The van der Waals surface area contributed by atoms with Crippen molar-refractivity contribution in [1.29, 1.82) is 0 Å². The number of nitrogens with two attached hydrogens (primary N) is 1. The van der Waals surface area contributed by atoms with Crippen molar-refractivity contribution in [2.75, 3.05) is 26.3 Å². The molecule has 1 amide bonds. The van der Waals surface area contributed by atoms with E-state index in [1.54, 1.807) is 11.2 Å². The second-order valence-electron chi connectivity index (χ2n) is 14.8. The van der Waals surface area contributed by atoms with Crippen LogP contribution in [0.3, 0.4) is 0 Å². The highest BCUT2D eigenvalue weighted by molar-refractivity contribution is 5.81. The molecule has 9 nitrogen and oxygen atoms in total. The number of rotatable bonds is 37. The van der Waals surface area contributed by atoms with Gasteiger partial charge in [0.15, 0.2) is 12.4 Å². The number of unbranched alkanes of at least 4 members (excludes halogenated alkanes) is 24. The largest absolute Gasteiger partial charge is 0.464 e. The van der Waals surface area contributed by atoms with Gasteiger partial charge in [-0.1, -0.05) is 168 Å². The second-order valence-corrected chi connectivity index (χ2v) is 14.8. The normalized spacial score (nSPS) is 13.0. The molecule has 51 heavy (non-hydrogen) atoms. The lowest BCUT2D eigenvalue weighted by Crippen LogP contribution is -2.74. The van der Waals surface area contributed by atoms with E-state index >= 15 is 0 Å². The predicted octanol–water partition coefficient (Wildman–Crippen LogP) is 8.31. The van der Waals surface area contributed by atoms with Gasteiger partial charge in [-0.2, -0.15) is 0 Å². The van der Waals surface area contributed by atoms with Crippen molar-refractivity contribution in [1.82, 2.24) is 4.90 Å². The fourth-order valence-corrected chi connectivity index (χ4v) is 6.64. The highest BCUT2D eigenvalue weighted by atomic mass is 16.5. The molecule has 1 unspecified atom stereocenters. The van der Waals surface area contributed by atoms with Crippen molar-refractivity contribution in [3.8, 4) is 0 Å². The SMILES string of the molecule is CCCCCCCCCCCCCCCC(=O)OCCN(CCOC(=O)CCCCCCCCCCCCCCC)C(=O)C([NH3+])CC1=C[NH2+]C=N1. The average molecular weight is 721 g/mol. The summed E-state index contributed by atoms with van der Waals surface area (Å²) in [7, 11) is 0. The Morgan fingerprint density at radius 1 is 0.608 bits per heavy atom. The number of nitrogens with zero attached hydrogens (tertiary/aromatic N) is 2. The molecule has 1 rings (SSSR count). The molecule has 0 fully saturated rings. The van der Waals surface area contributed by atoms with Gasteiger partial charge in [-0.25, -0.2) is 4.99 Å². The Hall–Kier alpha value is -2.26. The van der Waals surface area contributed by atoms with Gasteiger partial charge in [-0.3, -0.25) is 19.7 Å².